The van der Waals surface area contributed by atoms with Gasteiger partial charge in [0.2, 0.25) is 5.16 Å². The van der Waals surface area contributed by atoms with Crippen LogP contribution in [0.1, 0.15) is 47.9 Å². The minimum absolute atomic E-state index is 0.286. The maximum Gasteiger partial charge on any atom is 0.210 e. The van der Waals surface area contributed by atoms with Crippen molar-refractivity contribution in [3.05, 3.63) is 41.2 Å². The van der Waals surface area contributed by atoms with Crippen molar-refractivity contribution in [2.45, 2.75) is 43.0 Å². The van der Waals surface area contributed by atoms with Gasteiger partial charge in [-0.05, 0) is 32.3 Å². The van der Waals surface area contributed by atoms with Gasteiger partial charge < -0.3 is 10.6 Å². The number of thioether (sulfide) groups is 1. The van der Waals surface area contributed by atoms with E-state index in [4.69, 9.17) is 10.6 Å². The minimum atomic E-state index is 0.286. The Bertz CT molecular complexity index is 637. The van der Waals surface area contributed by atoms with Gasteiger partial charge in [0.05, 0.1) is 0 Å². The molecule has 6 heteroatoms. The van der Waals surface area contributed by atoms with Crippen LogP contribution in [0, 0.1) is 6.92 Å². The van der Waals surface area contributed by atoms with E-state index in [0.29, 0.717) is 5.92 Å². The van der Waals surface area contributed by atoms with Crippen LogP contribution in [-0.2, 0) is 4.74 Å². The summed E-state index contributed by atoms with van der Waals surface area (Å²) in [4.78, 5) is 0. The number of aromatic nitrogens is 3. The molecule has 22 heavy (non-hydrogen) atoms. The molecule has 1 atom stereocenters. The highest BCUT2D eigenvalue weighted by molar-refractivity contribution is 7.99. The first-order valence-electron chi connectivity index (χ1n) is 7.66. The Morgan fingerprint density at radius 1 is 1.32 bits per heavy atom. The fourth-order valence-electron chi connectivity index (χ4n) is 2.75. The summed E-state index contributed by atoms with van der Waals surface area (Å²) in [6, 6.07) is 8.54. The highest BCUT2D eigenvalue weighted by Crippen LogP contribution is 2.35. The van der Waals surface area contributed by atoms with Crippen LogP contribution in [0.2, 0.25) is 0 Å². The first-order chi connectivity index (χ1) is 10.6. The van der Waals surface area contributed by atoms with Gasteiger partial charge in [0.25, 0.3) is 0 Å². The van der Waals surface area contributed by atoms with Crippen LogP contribution < -0.4 is 5.84 Å². The molecule has 1 aliphatic heterocycles. The third kappa shape index (κ3) is 3.28. The SMILES string of the molecule is Cc1cccc([C@@H](C)Sc2nnc(C3CCOCC3)n2N)c1. The quantitative estimate of drug-likeness (QED) is 0.693. The zero-order valence-corrected chi connectivity index (χ0v) is 13.8. The van der Waals surface area contributed by atoms with Crippen molar-refractivity contribution in [3.8, 4) is 0 Å². The molecule has 2 heterocycles. The predicted molar refractivity (Wildman–Crippen MR) is 88.4 cm³/mol. The number of aryl methyl sites for hydroxylation is 1. The predicted octanol–water partition coefficient (Wildman–Crippen LogP) is 3.05. The number of nitrogens with two attached hydrogens (primary N) is 1. The fraction of sp³-hybridized carbons (Fsp3) is 0.500. The van der Waals surface area contributed by atoms with Crippen molar-refractivity contribution in [1.82, 2.24) is 14.9 Å². The molecule has 0 unspecified atom stereocenters. The molecule has 0 saturated carbocycles. The number of nitrogens with zero attached hydrogens (tertiary/aromatic N) is 3. The van der Waals surface area contributed by atoms with Gasteiger partial charge in [-0.1, -0.05) is 41.6 Å². The normalized spacial score (nSPS) is 17.5. The van der Waals surface area contributed by atoms with Crippen molar-refractivity contribution in [2.75, 3.05) is 19.1 Å². The van der Waals surface area contributed by atoms with Crippen molar-refractivity contribution in [3.63, 3.8) is 0 Å². The van der Waals surface area contributed by atoms with E-state index < -0.39 is 0 Å². The van der Waals surface area contributed by atoms with E-state index in [1.807, 2.05) is 0 Å². The van der Waals surface area contributed by atoms with E-state index in [2.05, 4.69) is 48.3 Å². The van der Waals surface area contributed by atoms with E-state index in [-0.39, 0.29) is 5.25 Å². The minimum Gasteiger partial charge on any atom is -0.381 e. The van der Waals surface area contributed by atoms with E-state index in [0.717, 1.165) is 37.0 Å². The molecule has 0 aliphatic carbocycles. The molecule has 118 valence electrons. The summed E-state index contributed by atoms with van der Waals surface area (Å²) < 4.78 is 7.06. The molecule has 0 amide bonds. The number of benzene rings is 1. The van der Waals surface area contributed by atoms with Crippen molar-refractivity contribution >= 4 is 11.8 Å². The molecule has 2 aromatic rings. The molecule has 0 spiro atoms. The summed E-state index contributed by atoms with van der Waals surface area (Å²) in [5.41, 5.74) is 2.54. The Morgan fingerprint density at radius 3 is 2.82 bits per heavy atom. The first-order valence-corrected chi connectivity index (χ1v) is 8.54. The molecular weight excluding hydrogens is 296 g/mol. The fourth-order valence-corrected chi connectivity index (χ4v) is 3.65. The molecule has 2 N–H and O–H groups in total. The summed E-state index contributed by atoms with van der Waals surface area (Å²) in [5.74, 6) is 7.45. The Kier molecular flexibility index (Phi) is 4.69. The summed E-state index contributed by atoms with van der Waals surface area (Å²) in [6.45, 7) is 5.83. The number of ether oxygens (including phenoxy) is 1. The topological polar surface area (TPSA) is 66.0 Å². The van der Waals surface area contributed by atoms with Crippen LogP contribution in [-0.4, -0.2) is 28.1 Å². The third-order valence-corrected chi connectivity index (χ3v) is 5.19. The molecule has 0 radical (unpaired) electrons. The van der Waals surface area contributed by atoms with Gasteiger partial charge in [0.1, 0.15) is 0 Å². The van der Waals surface area contributed by atoms with Crippen LogP contribution in [0.15, 0.2) is 29.4 Å². The first kappa shape index (κ1) is 15.4. The molecule has 1 aromatic carbocycles. The standard InChI is InChI=1S/C16H22N4OS/c1-11-4-3-5-14(10-11)12(2)22-16-19-18-15(20(16)17)13-6-8-21-9-7-13/h3-5,10,12-13H,6-9,17H2,1-2H3/t12-/m1/s1. The van der Waals surface area contributed by atoms with Crippen LogP contribution in [0.25, 0.3) is 0 Å². The smallest absolute Gasteiger partial charge is 0.210 e. The van der Waals surface area contributed by atoms with Crippen LogP contribution >= 0.6 is 11.8 Å². The zero-order valence-electron chi connectivity index (χ0n) is 13.0. The summed E-state index contributed by atoms with van der Waals surface area (Å²) in [5, 5.41) is 9.66. The van der Waals surface area contributed by atoms with Crippen molar-refractivity contribution in [1.29, 1.82) is 0 Å². The van der Waals surface area contributed by atoms with E-state index in [9.17, 15) is 0 Å². The maximum absolute atomic E-state index is 6.22. The second kappa shape index (κ2) is 6.71. The number of rotatable bonds is 4. The maximum atomic E-state index is 6.22. The highest BCUT2D eigenvalue weighted by atomic mass is 32.2. The van der Waals surface area contributed by atoms with E-state index in [1.165, 1.54) is 11.1 Å². The van der Waals surface area contributed by atoms with E-state index in [1.54, 1.807) is 16.4 Å². The summed E-state index contributed by atoms with van der Waals surface area (Å²) in [7, 11) is 0. The Labute approximate surface area is 135 Å². The third-order valence-electron chi connectivity index (χ3n) is 4.07. The van der Waals surface area contributed by atoms with E-state index >= 15 is 0 Å². The Balaban J connectivity index is 1.74. The number of hydrogen-bond donors (Lipinski definition) is 1. The van der Waals surface area contributed by atoms with Gasteiger partial charge in [0.15, 0.2) is 5.82 Å². The Morgan fingerprint density at radius 2 is 2.09 bits per heavy atom. The van der Waals surface area contributed by atoms with Crippen molar-refractivity contribution < 1.29 is 4.74 Å². The average Bonchev–Trinajstić information content (AvgIpc) is 2.89. The van der Waals surface area contributed by atoms with Gasteiger partial charge in [-0.15, -0.1) is 10.2 Å². The van der Waals surface area contributed by atoms with Gasteiger partial charge in [-0.2, -0.15) is 0 Å². The Hall–Kier alpha value is -1.53. The van der Waals surface area contributed by atoms with Gasteiger partial charge in [-0.3, -0.25) is 0 Å². The molecule has 1 aliphatic rings. The van der Waals surface area contributed by atoms with Gasteiger partial charge in [0, 0.05) is 24.4 Å². The van der Waals surface area contributed by atoms with Gasteiger partial charge in [-0.25, -0.2) is 4.68 Å². The summed E-state index contributed by atoms with van der Waals surface area (Å²) in [6.07, 6.45) is 1.93. The molecule has 1 saturated heterocycles. The van der Waals surface area contributed by atoms with Crippen LogP contribution in [0.4, 0.5) is 0 Å². The number of hydrogen-bond acceptors (Lipinski definition) is 5. The molecule has 1 aromatic heterocycles. The number of nitrogen functional groups attached to an aromatic ring is 1. The highest BCUT2D eigenvalue weighted by Gasteiger charge is 2.23. The monoisotopic (exact) mass is 318 g/mol. The largest absolute Gasteiger partial charge is 0.381 e. The molecule has 5 nitrogen and oxygen atoms in total. The lowest BCUT2D eigenvalue weighted by molar-refractivity contribution is 0.0830. The molecule has 1 fully saturated rings. The molecular formula is C16H22N4OS. The lowest BCUT2D eigenvalue weighted by Gasteiger charge is -2.21. The molecule has 0 bridgehead atoms. The lowest BCUT2D eigenvalue weighted by Crippen LogP contribution is -2.22. The summed E-state index contributed by atoms with van der Waals surface area (Å²) >= 11 is 1.65. The lowest BCUT2D eigenvalue weighted by atomic mass is 10.00. The van der Waals surface area contributed by atoms with Crippen LogP contribution in [0.5, 0.6) is 0 Å². The second-order valence-corrected chi connectivity index (χ2v) is 7.08. The average molecular weight is 318 g/mol. The van der Waals surface area contributed by atoms with Gasteiger partial charge >= 0.3 is 0 Å². The zero-order chi connectivity index (χ0) is 15.5. The second-order valence-electron chi connectivity index (χ2n) is 5.77. The molecule has 3 rings (SSSR count). The van der Waals surface area contributed by atoms with Crippen molar-refractivity contribution in [2.24, 2.45) is 0 Å². The van der Waals surface area contributed by atoms with Crippen LogP contribution in [0.3, 0.4) is 0 Å².